The van der Waals surface area contributed by atoms with Gasteiger partial charge in [0.25, 0.3) is 0 Å². The van der Waals surface area contributed by atoms with Gasteiger partial charge in [-0.05, 0) is 60.2 Å². The van der Waals surface area contributed by atoms with Crippen molar-refractivity contribution in [3.63, 3.8) is 0 Å². The Morgan fingerprint density at radius 3 is 2.30 bits per heavy atom. The number of pyridine rings is 1. The summed E-state index contributed by atoms with van der Waals surface area (Å²) in [5.41, 5.74) is -2.32. The minimum absolute atomic E-state index is 0.0585. The van der Waals surface area contributed by atoms with Crippen LogP contribution in [0.5, 0.6) is 5.75 Å². The predicted octanol–water partition coefficient (Wildman–Crippen LogP) is 5.71. The summed E-state index contributed by atoms with van der Waals surface area (Å²) in [5.74, 6) is -1.62. The number of esters is 1. The molecule has 0 saturated heterocycles. The number of carbonyl (C=O) groups excluding carboxylic acids is 1. The molecule has 160 valence electrons. The summed E-state index contributed by atoms with van der Waals surface area (Å²) in [6.07, 6.45) is -7.46. The van der Waals surface area contributed by atoms with Gasteiger partial charge < -0.3 is 9.84 Å². The Bertz CT molecular complexity index is 1020. The number of allylic oxidation sites excluding steroid dienone is 2. The Labute approximate surface area is 166 Å². The molecule has 0 unspecified atom stereocenters. The van der Waals surface area contributed by atoms with Crippen LogP contribution in [0.3, 0.4) is 0 Å². The van der Waals surface area contributed by atoms with Crippen molar-refractivity contribution < 1.29 is 41.0 Å². The third-order valence-corrected chi connectivity index (χ3v) is 4.78. The highest BCUT2D eigenvalue weighted by molar-refractivity contribution is 5.97. The molecular formula is C20H15F6NO3. The fourth-order valence-corrected chi connectivity index (χ4v) is 3.43. The van der Waals surface area contributed by atoms with E-state index in [9.17, 15) is 36.2 Å². The average molecular weight is 431 g/mol. The maximum atomic E-state index is 13.2. The van der Waals surface area contributed by atoms with Crippen molar-refractivity contribution in [3.05, 3.63) is 58.4 Å². The molecule has 1 aromatic heterocycles. The third-order valence-electron chi connectivity index (χ3n) is 4.78. The Balaban J connectivity index is 2.18. The number of hydrogen-bond donors (Lipinski definition) is 1. The van der Waals surface area contributed by atoms with E-state index in [0.29, 0.717) is 30.4 Å². The van der Waals surface area contributed by atoms with Crippen LogP contribution in [-0.2, 0) is 17.1 Å². The predicted molar refractivity (Wildman–Crippen MR) is 94.4 cm³/mol. The minimum atomic E-state index is -4.89. The quantitative estimate of drug-likeness (QED) is 0.500. The van der Waals surface area contributed by atoms with Crippen LogP contribution in [0.15, 0.2) is 30.5 Å². The largest absolute Gasteiger partial charge is 0.507 e. The fraction of sp³-hybridized carbons (Fsp3) is 0.300. The number of methoxy groups -OCH3 is 1. The van der Waals surface area contributed by atoms with E-state index in [-0.39, 0.29) is 16.9 Å². The standard InChI is InChI=1S/C20H15F6NO3/c1-30-18(29)15-7-10(9-27-17(15)20(24,25)26)12-3-2-4-13(12)14-8-11(19(21,22)23)5-6-16(14)28/h5-9,28H,2-4H2,1H3. The number of rotatable bonds is 3. The van der Waals surface area contributed by atoms with Gasteiger partial charge in [-0.1, -0.05) is 0 Å². The first kappa shape index (κ1) is 21.7. The summed E-state index contributed by atoms with van der Waals surface area (Å²) >= 11 is 0. The molecule has 30 heavy (non-hydrogen) atoms. The van der Waals surface area contributed by atoms with Crippen LogP contribution < -0.4 is 0 Å². The van der Waals surface area contributed by atoms with Gasteiger partial charge in [-0.25, -0.2) is 4.79 Å². The van der Waals surface area contributed by atoms with Crippen LogP contribution in [0.4, 0.5) is 26.3 Å². The zero-order valence-electron chi connectivity index (χ0n) is 15.5. The van der Waals surface area contributed by atoms with E-state index < -0.39 is 35.1 Å². The molecule has 1 aromatic carbocycles. The maximum Gasteiger partial charge on any atom is 0.434 e. The molecule has 0 radical (unpaired) electrons. The van der Waals surface area contributed by atoms with E-state index in [0.717, 1.165) is 37.6 Å². The molecule has 0 amide bonds. The highest BCUT2D eigenvalue weighted by atomic mass is 19.4. The second-order valence-corrected chi connectivity index (χ2v) is 6.65. The number of halogens is 6. The van der Waals surface area contributed by atoms with Crippen LogP contribution in [-0.4, -0.2) is 23.2 Å². The number of alkyl halides is 6. The summed E-state index contributed by atoms with van der Waals surface area (Å²) in [6.45, 7) is 0. The van der Waals surface area contributed by atoms with Crippen LogP contribution in [0.25, 0.3) is 11.1 Å². The fourth-order valence-electron chi connectivity index (χ4n) is 3.43. The van der Waals surface area contributed by atoms with E-state index in [2.05, 4.69) is 9.72 Å². The second kappa shape index (κ2) is 7.66. The first-order chi connectivity index (χ1) is 13.9. The van der Waals surface area contributed by atoms with Crippen molar-refractivity contribution in [1.82, 2.24) is 4.98 Å². The van der Waals surface area contributed by atoms with Gasteiger partial charge in [0.15, 0.2) is 5.69 Å². The number of aromatic hydroxyl groups is 1. The molecule has 2 aromatic rings. The van der Waals surface area contributed by atoms with Gasteiger partial charge in [-0.2, -0.15) is 26.3 Å². The number of carbonyl (C=O) groups is 1. The number of hydrogen-bond acceptors (Lipinski definition) is 4. The molecule has 0 bridgehead atoms. The zero-order valence-corrected chi connectivity index (χ0v) is 15.5. The van der Waals surface area contributed by atoms with E-state index in [4.69, 9.17) is 0 Å². The monoisotopic (exact) mass is 431 g/mol. The first-order valence-corrected chi connectivity index (χ1v) is 8.72. The molecule has 1 aliphatic rings. The second-order valence-electron chi connectivity index (χ2n) is 6.65. The third kappa shape index (κ3) is 4.12. The lowest BCUT2D eigenvalue weighted by Gasteiger charge is -2.15. The number of nitrogens with zero attached hydrogens (tertiary/aromatic N) is 1. The Kier molecular flexibility index (Phi) is 5.53. The molecule has 0 fully saturated rings. The van der Waals surface area contributed by atoms with Gasteiger partial charge in [0.1, 0.15) is 5.75 Å². The molecule has 0 saturated carbocycles. The Hall–Kier alpha value is -3.04. The number of phenolic OH excluding ortho intramolecular Hbond substituents is 1. The molecule has 0 aliphatic heterocycles. The van der Waals surface area contributed by atoms with Crippen LogP contribution in [0.2, 0.25) is 0 Å². The highest BCUT2D eigenvalue weighted by Gasteiger charge is 2.38. The Morgan fingerprint density at radius 1 is 1.03 bits per heavy atom. The van der Waals surface area contributed by atoms with Gasteiger partial charge in [0, 0.05) is 11.8 Å². The van der Waals surface area contributed by atoms with Crippen molar-refractivity contribution >= 4 is 17.1 Å². The maximum absolute atomic E-state index is 13.2. The highest BCUT2D eigenvalue weighted by Crippen LogP contribution is 2.44. The van der Waals surface area contributed by atoms with Crippen molar-refractivity contribution in [3.8, 4) is 5.75 Å². The topological polar surface area (TPSA) is 59.4 Å². The zero-order chi connectivity index (χ0) is 22.3. The van der Waals surface area contributed by atoms with Crippen molar-refractivity contribution in [2.24, 2.45) is 0 Å². The number of aromatic nitrogens is 1. The average Bonchev–Trinajstić information content (AvgIpc) is 3.15. The van der Waals surface area contributed by atoms with E-state index in [1.807, 2.05) is 0 Å². The molecule has 3 rings (SSSR count). The summed E-state index contributed by atoms with van der Waals surface area (Å²) in [7, 11) is 0.927. The summed E-state index contributed by atoms with van der Waals surface area (Å²) < 4.78 is 83.2. The van der Waals surface area contributed by atoms with E-state index in [1.165, 1.54) is 0 Å². The Morgan fingerprint density at radius 2 is 1.70 bits per heavy atom. The number of benzene rings is 1. The van der Waals surface area contributed by atoms with E-state index in [1.54, 1.807) is 0 Å². The lowest BCUT2D eigenvalue weighted by molar-refractivity contribution is -0.141. The first-order valence-electron chi connectivity index (χ1n) is 8.72. The lowest BCUT2D eigenvalue weighted by atomic mass is 9.95. The molecule has 10 heteroatoms. The molecule has 1 heterocycles. The van der Waals surface area contributed by atoms with Crippen LogP contribution in [0.1, 0.15) is 52.0 Å². The van der Waals surface area contributed by atoms with E-state index >= 15 is 0 Å². The summed E-state index contributed by atoms with van der Waals surface area (Å²) in [4.78, 5) is 15.2. The van der Waals surface area contributed by atoms with Crippen LogP contribution in [0, 0.1) is 0 Å². The molecule has 4 nitrogen and oxygen atoms in total. The number of phenols is 1. The minimum Gasteiger partial charge on any atom is -0.507 e. The van der Waals surface area contributed by atoms with Gasteiger partial charge in [-0.15, -0.1) is 0 Å². The summed E-state index contributed by atoms with van der Waals surface area (Å²) in [5, 5.41) is 10.1. The van der Waals surface area contributed by atoms with Crippen molar-refractivity contribution in [2.75, 3.05) is 7.11 Å². The van der Waals surface area contributed by atoms with Gasteiger partial charge in [0.2, 0.25) is 0 Å². The molecule has 0 spiro atoms. The van der Waals surface area contributed by atoms with Gasteiger partial charge in [-0.3, -0.25) is 4.98 Å². The van der Waals surface area contributed by atoms with Crippen LogP contribution >= 0.6 is 0 Å². The lowest BCUT2D eigenvalue weighted by Crippen LogP contribution is -2.17. The molecule has 1 aliphatic carbocycles. The van der Waals surface area contributed by atoms with Gasteiger partial charge in [0.05, 0.1) is 18.2 Å². The SMILES string of the molecule is COC(=O)c1cc(C2=C(c3cc(C(F)(F)F)ccc3O)CCC2)cnc1C(F)(F)F. The summed E-state index contributed by atoms with van der Waals surface area (Å²) in [6, 6.07) is 3.43. The van der Waals surface area contributed by atoms with Crippen molar-refractivity contribution in [1.29, 1.82) is 0 Å². The normalized spacial score (nSPS) is 14.9. The van der Waals surface area contributed by atoms with Crippen molar-refractivity contribution in [2.45, 2.75) is 31.6 Å². The van der Waals surface area contributed by atoms with Gasteiger partial charge >= 0.3 is 18.3 Å². The molecular weight excluding hydrogens is 416 g/mol. The molecule has 0 atom stereocenters. The molecule has 1 N–H and O–H groups in total. The smallest absolute Gasteiger partial charge is 0.434 e. The number of ether oxygens (including phenoxy) is 1.